The fourth-order valence-electron chi connectivity index (χ4n) is 3.15. The van der Waals surface area contributed by atoms with Crippen molar-refractivity contribution in [2.24, 2.45) is 0 Å². The fourth-order valence-corrected chi connectivity index (χ4v) is 5.29. The zero-order chi connectivity index (χ0) is 29.2. The van der Waals surface area contributed by atoms with Crippen molar-refractivity contribution in [2.75, 3.05) is 10.6 Å². The average molecular weight is 666 g/mol. The Balaban J connectivity index is 1.69. The van der Waals surface area contributed by atoms with Crippen LogP contribution in [-0.4, -0.2) is 55.8 Å². The Kier molecular flexibility index (Phi) is 8.72. The normalized spacial score (nSPS) is 12.1. The molecule has 4 rings (SSSR count). The summed E-state index contributed by atoms with van der Waals surface area (Å²) in [7, 11) is -9.54. The predicted molar refractivity (Wildman–Crippen MR) is 148 cm³/mol. The molecule has 0 saturated carbocycles. The van der Waals surface area contributed by atoms with Crippen LogP contribution in [0, 0.1) is 0 Å². The maximum Gasteiger partial charge on any atom is 0.295 e. The van der Waals surface area contributed by atoms with Gasteiger partial charge >= 0.3 is 0 Å². The van der Waals surface area contributed by atoms with Crippen LogP contribution in [0.15, 0.2) is 46.2 Å². The lowest BCUT2D eigenvalue weighted by Gasteiger charge is -2.10. The van der Waals surface area contributed by atoms with Crippen molar-refractivity contribution < 1.29 is 25.9 Å². The van der Waals surface area contributed by atoms with Crippen LogP contribution in [0.3, 0.4) is 0 Å². The quantitative estimate of drug-likeness (QED) is 0.147. The van der Waals surface area contributed by atoms with Crippen LogP contribution in [0.25, 0.3) is 12.2 Å². The monoisotopic (exact) mass is 664 g/mol. The SMILES string of the molecule is O=S(=O)(O)c1cc(Nc2nc(Cl)nc(Cl)n2)ccc1/C=C/c1ccc(Nc2nc(Cl)nc(Cl)n2)cc1S(=O)(=O)O. The first-order valence-electron chi connectivity index (χ1n) is 10.3. The summed E-state index contributed by atoms with van der Waals surface area (Å²) in [4.78, 5) is 21.3. The van der Waals surface area contributed by atoms with Crippen molar-refractivity contribution >= 4 is 102 Å². The highest BCUT2D eigenvalue weighted by atomic mass is 35.5. The lowest BCUT2D eigenvalue weighted by molar-refractivity contribution is 0.480. The van der Waals surface area contributed by atoms with Gasteiger partial charge < -0.3 is 10.6 Å². The summed E-state index contributed by atoms with van der Waals surface area (Å²) in [5, 5.41) is 4.50. The van der Waals surface area contributed by atoms with Gasteiger partial charge in [-0.25, -0.2) is 0 Å². The van der Waals surface area contributed by atoms with Gasteiger partial charge in [0, 0.05) is 11.4 Å². The Morgan fingerprint density at radius 3 is 1.20 bits per heavy atom. The molecule has 4 aromatic rings. The average Bonchev–Trinajstić information content (AvgIpc) is 2.81. The van der Waals surface area contributed by atoms with Gasteiger partial charge in [0.15, 0.2) is 0 Å². The van der Waals surface area contributed by atoms with E-state index in [1.807, 2.05) is 0 Å². The number of benzene rings is 2. The summed E-state index contributed by atoms with van der Waals surface area (Å²) in [6.45, 7) is 0. The molecular formula is C20H12Cl4N8O6S2. The molecule has 0 spiro atoms. The maximum atomic E-state index is 12.1. The zero-order valence-electron chi connectivity index (χ0n) is 19.2. The minimum atomic E-state index is -4.77. The van der Waals surface area contributed by atoms with Gasteiger partial charge in [0.05, 0.1) is 0 Å². The molecule has 0 fully saturated rings. The van der Waals surface area contributed by atoms with Crippen LogP contribution in [0.2, 0.25) is 21.1 Å². The van der Waals surface area contributed by atoms with Crippen LogP contribution in [0.4, 0.5) is 23.3 Å². The van der Waals surface area contributed by atoms with Gasteiger partial charge in [-0.1, -0.05) is 24.3 Å². The van der Waals surface area contributed by atoms with Crippen LogP contribution >= 0.6 is 46.4 Å². The topological polar surface area (TPSA) is 210 Å². The summed E-state index contributed by atoms with van der Waals surface area (Å²) in [6, 6.07) is 7.60. The van der Waals surface area contributed by atoms with E-state index in [4.69, 9.17) is 46.4 Å². The maximum absolute atomic E-state index is 12.1. The fraction of sp³-hybridized carbons (Fsp3) is 0. The number of nitrogens with one attached hydrogen (secondary N) is 2. The molecule has 0 aliphatic carbocycles. The molecular weight excluding hydrogens is 654 g/mol. The van der Waals surface area contributed by atoms with Gasteiger partial charge in [-0.15, -0.1) is 0 Å². The van der Waals surface area contributed by atoms with Crippen molar-refractivity contribution in [3.63, 3.8) is 0 Å². The van der Waals surface area contributed by atoms with Crippen molar-refractivity contribution in [3.05, 3.63) is 68.7 Å². The van der Waals surface area contributed by atoms with E-state index < -0.39 is 30.0 Å². The summed E-state index contributed by atoms with van der Waals surface area (Å²) < 4.78 is 68.0. The molecule has 208 valence electrons. The molecule has 0 saturated heterocycles. The molecule has 0 atom stereocenters. The highest BCUT2D eigenvalue weighted by molar-refractivity contribution is 7.86. The first-order valence-corrected chi connectivity index (χ1v) is 14.7. The second kappa shape index (κ2) is 11.7. The first-order chi connectivity index (χ1) is 18.7. The molecule has 0 radical (unpaired) electrons. The number of hydrogen-bond donors (Lipinski definition) is 4. The number of anilines is 4. The van der Waals surface area contributed by atoms with E-state index in [-0.39, 0.29) is 55.5 Å². The third-order valence-electron chi connectivity index (χ3n) is 4.70. The second-order valence-corrected chi connectivity index (χ2v) is 11.6. The predicted octanol–water partition coefficient (Wildman–Crippen LogP) is 4.82. The van der Waals surface area contributed by atoms with E-state index in [0.717, 1.165) is 12.1 Å². The lowest BCUT2D eigenvalue weighted by atomic mass is 10.1. The Bertz CT molecular complexity index is 1700. The first kappa shape index (κ1) is 29.8. The zero-order valence-corrected chi connectivity index (χ0v) is 23.8. The number of hydrogen-bond acceptors (Lipinski definition) is 12. The largest absolute Gasteiger partial charge is 0.324 e. The number of nitrogens with zero attached hydrogens (tertiary/aromatic N) is 6. The van der Waals surface area contributed by atoms with Crippen LogP contribution in [0.1, 0.15) is 11.1 Å². The molecule has 0 aliphatic rings. The molecule has 40 heavy (non-hydrogen) atoms. The summed E-state index contributed by atoms with van der Waals surface area (Å²) in [5.74, 6) is -0.189. The van der Waals surface area contributed by atoms with Crippen molar-refractivity contribution in [2.45, 2.75) is 9.79 Å². The molecule has 0 unspecified atom stereocenters. The van der Waals surface area contributed by atoms with E-state index in [1.165, 1.54) is 36.4 Å². The Labute approximate surface area is 246 Å². The van der Waals surface area contributed by atoms with Crippen molar-refractivity contribution in [1.82, 2.24) is 29.9 Å². The molecule has 20 heteroatoms. The Hall–Kier alpha value is -3.22. The number of halogens is 4. The minimum Gasteiger partial charge on any atom is -0.324 e. The Morgan fingerprint density at radius 2 is 0.900 bits per heavy atom. The van der Waals surface area contributed by atoms with E-state index in [0.29, 0.717) is 0 Å². The number of aromatic nitrogens is 6. The molecule has 14 nitrogen and oxygen atoms in total. The number of rotatable bonds is 8. The van der Waals surface area contributed by atoms with Crippen molar-refractivity contribution in [1.29, 1.82) is 0 Å². The van der Waals surface area contributed by atoms with Gasteiger partial charge in [0.1, 0.15) is 9.79 Å². The standard InChI is InChI=1S/C20H12Cl4N8O6S2/c21-15-27-16(22)30-19(29-15)25-11-5-3-9(13(7-11)39(33,34)35)1-2-10-4-6-12(8-14(10)40(36,37)38)26-20-31-17(23)28-18(24)32-20/h1-8H,(H,33,34,35)(H,36,37,38)(H,25,27,29,30)(H,26,28,31,32)/b2-1+. The van der Waals surface area contributed by atoms with E-state index in [1.54, 1.807) is 0 Å². The minimum absolute atomic E-state index is 0.0299. The van der Waals surface area contributed by atoms with Gasteiger partial charge in [-0.2, -0.15) is 46.7 Å². The summed E-state index contributed by atoms with van der Waals surface area (Å²) in [6.07, 6.45) is 2.43. The highest BCUT2D eigenvalue weighted by Crippen LogP contribution is 2.28. The molecule has 2 aromatic heterocycles. The summed E-state index contributed by atoms with van der Waals surface area (Å²) >= 11 is 22.9. The van der Waals surface area contributed by atoms with E-state index >= 15 is 0 Å². The van der Waals surface area contributed by atoms with E-state index in [2.05, 4.69) is 40.5 Å². The van der Waals surface area contributed by atoms with Crippen LogP contribution in [0.5, 0.6) is 0 Å². The molecule has 2 heterocycles. The molecule has 4 N–H and O–H groups in total. The van der Waals surface area contributed by atoms with Gasteiger partial charge in [-0.3, -0.25) is 9.11 Å². The van der Waals surface area contributed by atoms with Gasteiger partial charge in [0.25, 0.3) is 20.2 Å². The smallest absolute Gasteiger partial charge is 0.295 e. The molecule has 0 aliphatic heterocycles. The van der Waals surface area contributed by atoms with Crippen molar-refractivity contribution in [3.8, 4) is 0 Å². The van der Waals surface area contributed by atoms with Crippen LogP contribution < -0.4 is 10.6 Å². The highest BCUT2D eigenvalue weighted by Gasteiger charge is 2.18. The van der Waals surface area contributed by atoms with Crippen LogP contribution in [-0.2, 0) is 20.2 Å². The van der Waals surface area contributed by atoms with Gasteiger partial charge in [0.2, 0.25) is 33.0 Å². The second-order valence-electron chi connectivity index (χ2n) is 7.43. The van der Waals surface area contributed by atoms with E-state index in [9.17, 15) is 25.9 Å². The third-order valence-corrected chi connectivity index (χ3v) is 7.19. The molecule has 2 aromatic carbocycles. The van der Waals surface area contributed by atoms with Gasteiger partial charge in [-0.05, 0) is 81.8 Å². The summed E-state index contributed by atoms with van der Waals surface area (Å²) in [5.41, 5.74) is 0.210. The Morgan fingerprint density at radius 1 is 0.575 bits per heavy atom. The lowest BCUT2D eigenvalue weighted by Crippen LogP contribution is -2.05. The molecule has 0 amide bonds. The third kappa shape index (κ3) is 7.70. The molecule has 0 bridgehead atoms.